The van der Waals surface area contributed by atoms with Gasteiger partial charge >= 0.3 is 0 Å². The normalized spacial score (nSPS) is 10.8. The third-order valence-electron chi connectivity index (χ3n) is 2.67. The zero-order valence-corrected chi connectivity index (χ0v) is 9.99. The zero-order valence-electron chi connectivity index (χ0n) is 9.99. The lowest BCUT2D eigenvalue weighted by molar-refractivity contribution is -0.104. The molecule has 1 aromatic rings. The van der Waals surface area contributed by atoms with Gasteiger partial charge in [0, 0.05) is 0 Å². The summed E-state index contributed by atoms with van der Waals surface area (Å²) in [6.07, 6.45) is 10.5. The van der Waals surface area contributed by atoms with Crippen LogP contribution in [0.3, 0.4) is 0 Å². The molecule has 0 spiro atoms. The Balaban J connectivity index is 2.39. The predicted molar refractivity (Wildman–Crippen MR) is 69.4 cm³/mol. The number of hydrogen-bond acceptors (Lipinski definition) is 1. The van der Waals surface area contributed by atoms with Crippen molar-refractivity contribution in [3.8, 4) is 0 Å². The number of carbonyl (C=O) groups excluding carboxylic acids is 1. The molecule has 0 saturated heterocycles. The van der Waals surface area contributed by atoms with Crippen LogP contribution in [0.2, 0.25) is 0 Å². The Labute approximate surface area is 98.2 Å². The molecule has 0 unspecified atom stereocenters. The number of rotatable bonds is 7. The van der Waals surface area contributed by atoms with Crippen molar-refractivity contribution in [3.63, 3.8) is 0 Å². The first-order chi connectivity index (χ1) is 7.86. The summed E-state index contributed by atoms with van der Waals surface area (Å²) in [6.45, 7) is 2.23. The molecule has 1 heteroatoms. The highest BCUT2D eigenvalue weighted by atomic mass is 16.1. The summed E-state index contributed by atoms with van der Waals surface area (Å²) >= 11 is 0. The standard InChI is InChI=1S/C15H20O/c1-2-3-4-5-7-14-9-11-15(12-10-14)8-6-13-16/h6,8-13H,2-5,7H2,1H3/b8-6+. The van der Waals surface area contributed by atoms with Crippen LogP contribution in [0.15, 0.2) is 30.3 Å². The fourth-order valence-corrected chi connectivity index (χ4v) is 1.70. The maximum Gasteiger partial charge on any atom is 0.142 e. The number of aryl methyl sites for hydroxylation is 1. The fraction of sp³-hybridized carbons (Fsp3) is 0.400. The van der Waals surface area contributed by atoms with E-state index < -0.39 is 0 Å². The van der Waals surface area contributed by atoms with Gasteiger partial charge in [-0.15, -0.1) is 0 Å². The molecular formula is C15H20O. The number of hydrogen-bond donors (Lipinski definition) is 0. The van der Waals surface area contributed by atoms with Crippen molar-refractivity contribution in [2.24, 2.45) is 0 Å². The molecule has 16 heavy (non-hydrogen) atoms. The first-order valence-electron chi connectivity index (χ1n) is 6.07. The Bertz CT molecular complexity index is 322. The van der Waals surface area contributed by atoms with Gasteiger partial charge in [-0.3, -0.25) is 4.79 Å². The van der Waals surface area contributed by atoms with Gasteiger partial charge in [-0.25, -0.2) is 0 Å². The zero-order chi connectivity index (χ0) is 11.6. The van der Waals surface area contributed by atoms with E-state index in [0.717, 1.165) is 18.3 Å². The third kappa shape index (κ3) is 4.92. The van der Waals surface area contributed by atoms with E-state index in [1.54, 1.807) is 0 Å². The number of unbranched alkanes of at least 4 members (excludes halogenated alkanes) is 3. The first kappa shape index (κ1) is 12.7. The topological polar surface area (TPSA) is 17.1 Å². The molecule has 0 radical (unpaired) electrons. The monoisotopic (exact) mass is 216 g/mol. The second-order valence-corrected chi connectivity index (χ2v) is 4.05. The Hall–Kier alpha value is -1.37. The van der Waals surface area contributed by atoms with E-state index in [9.17, 15) is 4.79 Å². The highest BCUT2D eigenvalue weighted by Crippen LogP contribution is 2.10. The fourth-order valence-electron chi connectivity index (χ4n) is 1.70. The lowest BCUT2D eigenvalue weighted by atomic mass is 10.0. The van der Waals surface area contributed by atoms with Crippen molar-refractivity contribution >= 4 is 12.4 Å². The molecule has 0 atom stereocenters. The maximum absolute atomic E-state index is 10.2. The summed E-state index contributed by atoms with van der Waals surface area (Å²) < 4.78 is 0. The second-order valence-electron chi connectivity index (χ2n) is 4.05. The molecule has 0 heterocycles. The summed E-state index contributed by atoms with van der Waals surface area (Å²) in [5.41, 5.74) is 2.48. The predicted octanol–water partition coefficient (Wildman–Crippen LogP) is 4.02. The lowest BCUT2D eigenvalue weighted by Crippen LogP contribution is -1.85. The lowest BCUT2D eigenvalue weighted by Gasteiger charge is -2.01. The van der Waals surface area contributed by atoms with Gasteiger partial charge in [-0.2, -0.15) is 0 Å². The molecule has 0 fully saturated rings. The minimum absolute atomic E-state index is 0.804. The van der Waals surface area contributed by atoms with Gasteiger partial charge in [0.1, 0.15) is 6.29 Å². The average Bonchev–Trinajstić information content (AvgIpc) is 2.33. The van der Waals surface area contributed by atoms with Crippen LogP contribution in [0.25, 0.3) is 6.08 Å². The van der Waals surface area contributed by atoms with E-state index in [0.29, 0.717) is 0 Å². The summed E-state index contributed by atoms with van der Waals surface area (Å²) in [4.78, 5) is 10.2. The molecule has 0 aromatic heterocycles. The highest BCUT2D eigenvalue weighted by Gasteiger charge is 1.93. The van der Waals surface area contributed by atoms with E-state index in [1.165, 1.54) is 37.3 Å². The third-order valence-corrected chi connectivity index (χ3v) is 2.67. The maximum atomic E-state index is 10.2. The van der Waals surface area contributed by atoms with Gasteiger partial charge in [0.25, 0.3) is 0 Å². The molecular weight excluding hydrogens is 196 g/mol. The van der Waals surface area contributed by atoms with E-state index in [2.05, 4.69) is 31.2 Å². The molecule has 0 bridgehead atoms. The molecule has 0 amide bonds. The molecule has 1 aromatic carbocycles. The van der Waals surface area contributed by atoms with Crippen molar-refractivity contribution in [2.75, 3.05) is 0 Å². The van der Waals surface area contributed by atoms with Crippen molar-refractivity contribution in [2.45, 2.75) is 39.0 Å². The van der Waals surface area contributed by atoms with E-state index >= 15 is 0 Å². The highest BCUT2D eigenvalue weighted by molar-refractivity contribution is 5.73. The van der Waals surface area contributed by atoms with Crippen LogP contribution in [0.4, 0.5) is 0 Å². The van der Waals surface area contributed by atoms with Crippen molar-refractivity contribution in [3.05, 3.63) is 41.5 Å². The molecule has 0 aliphatic carbocycles. The van der Waals surface area contributed by atoms with Gasteiger partial charge in [0.15, 0.2) is 0 Å². The van der Waals surface area contributed by atoms with Gasteiger partial charge in [0.05, 0.1) is 0 Å². The smallest absolute Gasteiger partial charge is 0.142 e. The van der Waals surface area contributed by atoms with Gasteiger partial charge in [0.2, 0.25) is 0 Å². The molecule has 0 N–H and O–H groups in total. The molecule has 86 valence electrons. The van der Waals surface area contributed by atoms with Crippen LogP contribution in [-0.2, 0) is 11.2 Å². The molecule has 1 rings (SSSR count). The number of carbonyl (C=O) groups is 1. The number of allylic oxidation sites excluding steroid dienone is 1. The van der Waals surface area contributed by atoms with Crippen LogP contribution in [0, 0.1) is 0 Å². The largest absolute Gasteiger partial charge is 0.299 e. The Morgan fingerprint density at radius 1 is 1.06 bits per heavy atom. The van der Waals surface area contributed by atoms with E-state index in [1.807, 2.05) is 6.08 Å². The van der Waals surface area contributed by atoms with Crippen molar-refractivity contribution in [1.29, 1.82) is 0 Å². The van der Waals surface area contributed by atoms with Crippen LogP contribution >= 0.6 is 0 Å². The minimum atomic E-state index is 0.804. The average molecular weight is 216 g/mol. The Morgan fingerprint density at radius 3 is 2.44 bits per heavy atom. The molecule has 0 saturated carbocycles. The summed E-state index contributed by atoms with van der Waals surface area (Å²) in [5.74, 6) is 0. The summed E-state index contributed by atoms with van der Waals surface area (Å²) in [7, 11) is 0. The van der Waals surface area contributed by atoms with E-state index in [-0.39, 0.29) is 0 Å². The van der Waals surface area contributed by atoms with E-state index in [4.69, 9.17) is 0 Å². The molecule has 0 aliphatic rings. The first-order valence-corrected chi connectivity index (χ1v) is 6.07. The van der Waals surface area contributed by atoms with Crippen LogP contribution in [-0.4, -0.2) is 6.29 Å². The van der Waals surface area contributed by atoms with Gasteiger partial charge < -0.3 is 0 Å². The SMILES string of the molecule is CCCCCCc1ccc(/C=C/C=O)cc1. The quantitative estimate of drug-likeness (QED) is 0.382. The second kappa shape index (κ2) is 7.86. The molecule has 1 nitrogen and oxygen atoms in total. The van der Waals surface area contributed by atoms with Crippen LogP contribution in [0.1, 0.15) is 43.7 Å². The minimum Gasteiger partial charge on any atom is -0.299 e. The van der Waals surface area contributed by atoms with Crippen molar-refractivity contribution < 1.29 is 4.79 Å². The number of aldehydes is 1. The number of benzene rings is 1. The van der Waals surface area contributed by atoms with Crippen molar-refractivity contribution in [1.82, 2.24) is 0 Å². The Morgan fingerprint density at radius 2 is 1.81 bits per heavy atom. The summed E-state index contributed by atoms with van der Waals surface area (Å²) in [5, 5.41) is 0. The Kier molecular flexibility index (Phi) is 6.24. The van der Waals surface area contributed by atoms with Gasteiger partial charge in [-0.1, -0.05) is 56.5 Å². The van der Waals surface area contributed by atoms with Crippen LogP contribution in [0.5, 0.6) is 0 Å². The summed E-state index contributed by atoms with van der Waals surface area (Å²) in [6, 6.07) is 8.43. The molecule has 0 aliphatic heterocycles. The van der Waals surface area contributed by atoms with Gasteiger partial charge in [-0.05, 0) is 30.0 Å². The van der Waals surface area contributed by atoms with Crippen LogP contribution < -0.4 is 0 Å².